The summed E-state index contributed by atoms with van der Waals surface area (Å²) >= 11 is 0. The number of para-hydroxylation sites is 1. The summed E-state index contributed by atoms with van der Waals surface area (Å²) in [5, 5.41) is 2.88. The Morgan fingerprint density at radius 2 is 1.88 bits per heavy atom. The fourth-order valence-electron chi connectivity index (χ4n) is 2.61. The first-order chi connectivity index (χ1) is 12.2. The number of anilines is 1. The smallest absolute Gasteiger partial charge is 0.274 e. The average molecular weight is 329 g/mol. The van der Waals surface area contributed by atoms with Crippen molar-refractivity contribution in [2.75, 3.05) is 5.32 Å². The van der Waals surface area contributed by atoms with Gasteiger partial charge in [-0.3, -0.25) is 9.78 Å². The van der Waals surface area contributed by atoms with Crippen molar-refractivity contribution in [3.05, 3.63) is 78.1 Å². The van der Waals surface area contributed by atoms with Crippen LogP contribution in [0.15, 0.2) is 71.3 Å². The quantitative estimate of drug-likeness (QED) is 0.603. The molecule has 0 fully saturated rings. The number of aromatic nitrogens is 2. The molecule has 0 unspecified atom stereocenters. The Morgan fingerprint density at radius 1 is 1.04 bits per heavy atom. The predicted molar refractivity (Wildman–Crippen MR) is 96.4 cm³/mol. The minimum absolute atomic E-state index is 0.278. The zero-order chi connectivity index (χ0) is 17.2. The van der Waals surface area contributed by atoms with Crippen LogP contribution in [0.2, 0.25) is 0 Å². The summed E-state index contributed by atoms with van der Waals surface area (Å²) < 4.78 is 5.86. The van der Waals surface area contributed by atoms with Crippen molar-refractivity contribution >= 4 is 22.7 Å². The van der Waals surface area contributed by atoms with Crippen LogP contribution < -0.4 is 5.32 Å². The number of benzene rings is 2. The Labute approximate surface area is 144 Å². The van der Waals surface area contributed by atoms with Crippen LogP contribution in [0.4, 0.5) is 5.69 Å². The van der Waals surface area contributed by atoms with Gasteiger partial charge in [0.05, 0.1) is 11.3 Å². The lowest BCUT2D eigenvalue weighted by molar-refractivity contribution is 0.102. The Balaban J connectivity index is 1.72. The summed E-state index contributed by atoms with van der Waals surface area (Å²) in [5.41, 5.74) is 4.32. The predicted octanol–water partition coefficient (Wildman–Crippen LogP) is 4.45. The molecule has 1 N–H and O–H groups in total. The number of fused-ring (bicyclic) bond motifs is 1. The molecule has 5 nitrogen and oxygen atoms in total. The second kappa shape index (κ2) is 6.20. The van der Waals surface area contributed by atoms with Gasteiger partial charge in [0.2, 0.25) is 5.89 Å². The Morgan fingerprint density at radius 3 is 2.72 bits per heavy atom. The molecule has 2 heterocycles. The summed E-state index contributed by atoms with van der Waals surface area (Å²) in [6.45, 7) is 2.01. The normalized spacial score (nSPS) is 10.8. The number of carbonyl (C=O) groups is 1. The van der Waals surface area contributed by atoms with Gasteiger partial charge >= 0.3 is 0 Å². The van der Waals surface area contributed by atoms with Gasteiger partial charge in [-0.05, 0) is 48.9 Å². The van der Waals surface area contributed by atoms with Crippen LogP contribution in [-0.2, 0) is 0 Å². The lowest BCUT2D eigenvalue weighted by atomic mass is 10.1. The largest absolute Gasteiger partial charge is 0.436 e. The average Bonchev–Trinajstić information content (AvgIpc) is 3.06. The van der Waals surface area contributed by atoms with E-state index in [-0.39, 0.29) is 5.91 Å². The molecule has 0 atom stereocenters. The van der Waals surface area contributed by atoms with E-state index >= 15 is 0 Å². The van der Waals surface area contributed by atoms with Crippen molar-refractivity contribution in [2.24, 2.45) is 0 Å². The van der Waals surface area contributed by atoms with Crippen LogP contribution in [-0.4, -0.2) is 15.9 Å². The van der Waals surface area contributed by atoms with Crippen LogP contribution in [0.1, 0.15) is 16.1 Å². The molecule has 4 rings (SSSR count). The SMILES string of the molecule is Cc1ccc2oc(-c3ccccc3NC(=O)c3ccccn3)nc2c1. The molecule has 0 saturated carbocycles. The van der Waals surface area contributed by atoms with Crippen molar-refractivity contribution in [1.82, 2.24) is 9.97 Å². The Hall–Kier alpha value is -3.47. The lowest BCUT2D eigenvalue weighted by Gasteiger charge is -2.08. The fraction of sp³-hybridized carbons (Fsp3) is 0.0500. The number of nitrogens with zero attached hydrogens (tertiary/aromatic N) is 2. The minimum atomic E-state index is -0.278. The van der Waals surface area contributed by atoms with E-state index in [2.05, 4.69) is 15.3 Å². The summed E-state index contributed by atoms with van der Waals surface area (Å²) in [6.07, 6.45) is 1.59. The van der Waals surface area contributed by atoms with Gasteiger partial charge < -0.3 is 9.73 Å². The second-order valence-corrected chi connectivity index (χ2v) is 5.70. The van der Waals surface area contributed by atoms with E-state index in [1.807, 2.05) is 49.4 Å². The summed E-state index contributed by atoms with van der Waals surface area (Å²) in [4.78, 5) is 21.0. The molecule has 0 aliphatic rings. The number of carbonyl (C=O) groups excluding carboxylic acids is 1. The van der Waals surface area contributed by atoms with Gasteiger partial charge in [0.1, 0.15) is 11.2 Å². The zero-order valence-electron chi connectivity index (χ0n) is 13.6. The minimum Gasteiger partial charge on any atom is -0.436 e. The van der Waals surface area contributed by atoms with Gasteiger partial charge in [-0.15, -0.1) is 0 Å². The highest BCUT2D eigenvalue weighted by atomic mass is 16.3. The lowest BCUT2D eigenvalue weighted by Crippen LogP contribution is -2.13. The van der Waals surface area contributed by atoms with Crippen LogP contribution in [0.25, 0.3) is 22.6 Å². The molecule has 0 bridgehead atoms. The van der Waals surface area contributed by atoms with Gasteiger partial charge in [-0.2, -0.15) is 0 Å². The summed E-state index contributed by atoms with van der Waals surface area (Å²) in [5.74, 6) is 0.192. The van der Waals surface area contributed by atoms with Gasteiger partial charge in [0.15, 0.2) is 5.58 Å². The first-order valence-electron chi connectivity index (χ1n) is 7.90. The third-order valence-corrected chi connectivity index (χ3v) is 3.85. The molecule has 5 heteroatoms. The van der Waals surface area contributed by atoms with E-state index < -0.39 is 0 Å². The molecule has 0 aliphatic carbocycles. The highest BCUT2D eigenvalue weighted by Crippen LogP contribution is 2.30. The molecule has 0 aliphatic heterocycles. The maximum absolute atomic E-state index is 12.4. The van der Waals surface area contributed by atoms with E-state index in [0.717, 1.165) is 16.6 Å². The third-order valence-electron chi connectivity index (χ3n) is 3.85. The molecule has 0 spiro atoms. The molecule has 25 heavy (non-hydrogen) atoms. The Kier molecular flexibility index (Phi) is 3.74. The van der Waals surface area contributed by atoms with E-state index in [0.29, 0.717) is 22.9 Å². The first kappa shape index (κ1) is 15.1. The molecule has 122 valence electrons. The van der Waals surface area contributed by atoms with Crippen LogP contribution in [0, 0.1) is 6.92 Å². The molecular weight excluding hydrogens is 314 g/mol. The van der Waals surface area contributed by atoms with Crippen LogP contribution in [0.5, 0.6) is 0 Å². The molecular formula is C20H15N3O2. The highest BCUT2D eigenvalue weighted by Gasteiger charge is 2.15. The maximum Gasteiger partial charge on any atom is 0.274 e. The van der Waals surface area contributed by atoms with Crippen molar-refractivity contribution in [3.8, 4) is 11.5 Å². The number of hydrogen-bond acceptors (Lipinski definition) is 4. The fourth-order valence-corrected chi connectivity index (χ4v) is 2.61. The van der Waals surface area contributed by atoms with Crippen molar-refractivity contribution < 1.29 is 9.21 Å². The molecule has 2 aromatic heterocycles. The van der Waals surface area contributed by atoms with Gasteiger partial charge in [0.25, 0.3) is 5.91 Å². The third kappa shape index (κ3) is 2.99. The van der Waals surface area contributed by atoms with E-state index in [9.17, 15) is 4.79 Å². The maximum atomic E-state index is 12.4. The van der Waals surface area contributed by atoms with Gasteiger partial charge in [-0.25, -0.2) is 4.98 Å². The van der Waals surface area contributed by atoms with E-state index in [1.165, 1.54) is 0 Å². The van der Waals surface area contributed by atoms with E-state index in [1.54, 1.807) is 24.4 Å². The molecule has 0 radical (unpaired) electrons. The summed E-state index contributed by atoms with van der Waals surface area (Å²) in [7, 11) is 0. The van der Waals surface area contributed by atoms with Crippen molar-refractivity contribution in [1.29, 1.82) is 0 Å². The number of pyridine rings is 1. The van der Waals surface area contributed by atoms with Crippen LogP contribution >= 0.6 is 0 Å². The van der Waals surface area contributed by atoms with Gasteiger partial charge in [0, 0.05) is 6.20 Å². The van der Waals surface area contributed by atoms with Crippen molar-refractivity contribution in [2.45, 2.75) is 6.92 Å². The molecule has 0 saturated heterocycles. The second-order valence-electron chi connectivity index (χ2n) is 5.70. The molecule has 4 aromatic rings. The molecule has 2 aromatic carbocycles. The van der Waals surface area contributed by atoms with Crippen LogP contribution in [0.3, 0.4) is 0 Å². The number of rotatable bonds is 3. The number of hydrogen-bond donors (Lipinski definition) is 1. The topological polar surface area (TPSA) is 68.0 Å². The number of amides is 1. The molecule has 1 amide bonds. The van der Waals surface area contributed by atoms with Gasteiger partial charge in [-0.1, -0.05) is 24.3 Å². The first-order valence-corrected chi connectivity index (χ1v) is 7.90. The highest BCUT2D eigenvalue weighted by molar-refractivity contribution is 6.04. The summed E-state index contributed by atoms with van der Waals surface area (Å²) in [6, 6.07) is 18.5. The Bertz CT molecular complexity index is 1050. The van der Waals surface area contributed by atoms with Crippen molar-refractivity contribution in [3.63, 3.8) is 0 Å². The zero-order valence-corrected chi connectivity index (χ0v) is 13.6. The number of oxazole rings is 1. The number of nitrogens with one attached hydrogen (secondary N) is 1. The van der Waals surface area contributed by atoms with E-state index in [4.69, 9.17) is 4.42 Å². The standard InChI is InChI=1S/C20H15N3O2/c1-13-9-10-18-17(12-13)23-20(25-18)14-6-2-3-7-15(14)22-19(24)16-8-4-5-11-21-16/h2-12H,1H3,(H,22,24). The monoisotopic (exact) mass is 329 g/mol. The number of aryl methyl sites for hydroxylation is 1.